The second kappa shape index (κ2) is 8.71. The minimum atomic E-state index is -0.866. The van der Waals surface area contributed by atoms with E-state index in [-0.39, 0.29) is 12.6 Å². The monoisotopic (exact) mass is 466 g/mol. The van der Waals surface area contributed by atoms with E-state index in [0.29, 0.717) is 28.7 Å². The van der Waals surface area contributed by atoms with Crippen molar-refractivity contribution < 1.29 is 28.2 Å². The van der Waals surface area contributed by atoms with E-state index in [1.807, 2.05) is 17.5 Å². The summed E-state index contributed by atoms with van der Waals surface area (Å²) < 4.78 is 30.3. The molecule has 2 aromatic carbocycles. The number of nitrogens with zero attached hydrogens (tertiary/aromatic N) is 3. The largest absolute Gasteiger partial charge is 0.454 e. The Labute approximate surface area is 190 Å². The lowest BCUT2D eigenvalue weighted by Gasteiger charge is -2.06. The second-order valence-corrected chi connectivity index (χ2v) is 7.76. The fourth-order valence-corrected chi connectivity index (χ4v) is 3.79. The molecule has 1 amide bonds. The molecule has 0 atom stereocenters. The zero-order valence-electron chi connectivity index (χ0n) is 16.9. The number of amides is 1. The van der Waals surface area contributed by atoms with Crippen LogP contribution in [0, 0.1) is 5.82 Å². The summed E-state index contributed by atoms with van der Waals surface area (Å²) in [7, 11) is 0. The van der Waals surface area contributed by atoms with E-state index in [2.05, 4.69) is 15.4 Å². The van der Waals surface area contributed by atoms with E-state index in [0.717, 1.165) is 4.88 Å². The molecule has 0 unspecified atom stereocenters. The molecule has 0 aliphatic carbocycles. The predicted molar refractivity (Wildman–Crippen MR) is 116 cm³/mol. The number of aromatic nitrogens is 3. The van der Waals surface area contributed by atoms with Crippen molar-refractivity contribution in [2.45, 2.75) is 0 Å². The Kier molecular flexibility index (Phi) is 5.45. The maximum atomic E-state index is 13.3. The van der Waals surface area contributed by atoms with Crippen LogP contribution in [-0.4, -0.2) is 40.0 Å². The molecule has 3 heterocycles. The van der Waals surface area contributed by atoms with Gasteiger partial charge in [-0.1, -0.05) is 6.07 Å². The van der Waals surface area contributed by atoms with Crippen LogP contribution >= 0.6 is 11.3 Å². The highest BCUT2D eigenvalue weighted by Gasteiger charge is 2.22. The number of ether oxygens (including phenoxy) is 3. The molecule has 5 rings (SSSR count). The zero-order valence-corrected chi connectivity index (χ0v) is 17.7. The quantitative estimate of drug-likeness (QED) is 0.433. The molecule has 166 valence electrons. The summed E-state index contributed by atoms with van der Waals surface area (Å²) in [6, 6.07) is 14.2. The first-order valence-electron chi connectivity index (χ1n) is 9.70. The highest BCUT2D eigenvalue weighted by Crippen LogP contribution is 2.34. The van der Waals surface area contributed by atoms with Crippen molar-refractivity contribution in [2.24, 2.45) is 0 Å². The van der Waals surface area contributed by atoms with Crippen LogP contribution in [0.2, 0.25) is 0 Å². The van der Waals surface area contributed by atoms with E-state index in [9.17, 15) is 14.0 Å². The smallest absolute Gasteiger partial charge is 0.378 e. The maximum Gasteiger partial charge on any atom is 0.378 e. The molecule has 11 heteroatoms. The number of benzene rings is 2. The Morgan fingerprint density at radius 1 is 1.12 bits per heavy atom. The van der Waals surface area contributed by atoms with Gasteiger partial charge in [0.1, 0.15) is 5.82 Å². The SMILES string of the molecule is O=C(COC(=O)c1nc(-c2cccs2)n(-c2ccc(F)cc2)n1)Nc1ccc2c(c1)OCO2. The molecule has 1 aliphatic heterocycles. The van der Waals surface area contributed by atoms with Crippen molar-refractivity contribution in [3.63, 3.8) is 0 Å². The van der Waals surface area contributed by atoms with Crippen molar-refractivity contribution in [1.29, 1.82) is 0 Å². The second-order valence-electron chi connectivity index (χ2n) is 6.82. The third-order valence-electron chi connectivity index (χ3n) is 4.59. The van der Waals surface area contributed by atoms with Crippen LogP contribution < -0.4 is 14.8 Å². The highest BCUT2D eigenvalue weighted by molar-refractivity contribution is 7.13. The molecule has 2 aromatic heterocycles. The lowest BCUT2D eigenvalue weighted by atomic mass is 10.3. The Morgan fingerprint density at radius 2 is 1.94 bits per heavy atom. The van der Waals surface area contributed by atoms with Gasteiger partial charge in [-0.05, 0) is 47.8 Å². The van der Waals surface area contributed by atoms with Crippen LogP contribution in [0.5, 0.6) is 11.5 Å². The zero-order chi connectivity index (χ0) is 22.8. The molecular formula is C22H15FN4O5S. The topological polar surface area (TPSA) is 105 Å². The van der Waals surface area contributed by atoms with Crippen LogP contribution in [0.4, 0.5) is 10.1 Å². The number of thiophene rings is 1. The lowest BCUT2D eigenvalue weighted by molar-refractivity contribution is -0.119. The molecule has 9 nitrogen and oxygen atoms in total. The van der Waals surface area contributed by atoms with E-state index in [1.54, 1.807) is 18.2 Å². The number of hydrogen-bond donors (Lipinski definition) is 1. The van der Waals surface area contributed by atoms with Crippen LogP contribution in [0.1, 0.15) is 10.6 Å². The van der Waals surface area contributed by atoms with Gasteiger partial charge in [0.2, 0.25) is 6.79 Å². The summed E-state index contributed by atoms with van der Waals surface area (Å²) in [5.74, 6) is -0.532. The number of hydrogen-bond acceptors (Lipinski definition) is 8. The number of carbonyl (C=O) groups is 2. The van der Waals surface area contributed by atoms with Gasteiger partial charge < -0.3 is 19.5 Å². The summed E-state index contributed by atoms with van der Waals surface area (Å²) in [4.78, 5) is 29.8. The van der Waals surface area contributed by atoms with Gasteiger partial charge in [0.15, 0.2) is 23.9 Å². The Hall–Kier alpha value is -4.25. The Bertz CT molecular complexity index is 1320. The van der Waals surface area contributed by atoms with Crippen LogP contribution in [0.25, 0.3) is 16.4 Å². The van der Waals surface area contributed by atoms with Gasteiger partial charge in [-0.2, -0.15) is 4.98 Å². The molecule has 0 radical (unpaired) electrons. The van der Waals surface area contributed by atoms with Crippen molar-refractivity contribution in [1.82, 2.24) is 14.8 Å². The molecule has 0 fully saturated rings. The number of carbonyl (C=O) groups excluding carboxylic acids is 2. The number of nitrogens with one attached hydrogen (secondary N) is 1. The normalized spacial score (nSPS) is 11.9. The number of rotatable bonds is 6. The fourth-order valence-electron chi connectivity index (χ4n) is 3.09. The summed E-state index contributed by atoms with van der Waals surface area (Å²) >= 11 is 1.41. The minimum Gasteiger partial charge on any atom is -0.454 e. The standard InChI is InChI=1S/C22H15FN4O5S/c23-13-3-6-15(7-4-13)27-21(18-2-1-9-33-18)25-20(26-27)22(29)30-11-19(28)24-14-5-8-16-17(10-14)32-12-31-16/h1-10H,11-12H2,(H,24,28). The molecule has 0 bridgehead atoms. The van der Waals surface area contributed by atoms with Gasteiger partial charge in [0, 0.05) is 11.8 Å². The van der Waals surface area contributed by atoms with Crippen molar-refractivity contribution >= 4 is 28.9 Å². The average Bonchev–Trinajstić information content (AvgIpc) is 3.58. The first kappa shape index (κ1) is 20.6. The van der Waals surface area contributed by atoms with Crippen LogP contribution in [-0.2, 0) is 9.53 Å². The molecule has 1 N–H and O–H groups in total. The maximum absolute atomic E-state index is 13.3. The van der Waals surface area contributed by atoms with E-state index >= 15 is 0 Å². The lowest BCUT2D eigenvalue weighted by Crippen LogP contribution is -2.21. The summed E-state index contributed by atoms with van der Waals surface area (Å²) in [5.41, 5.74) is 0.992. The highest BCUT2D eigenvalue weighted by atomic mass is 32.1. The van der Waals surface area contributed by atoms with Crippen molar-refractivity contribution in [2.75, 3.05) is 18.7 Å². The van der Waals surface area contributed by atoms with Crippen molar-refractivity contribution in [3.05, 3.63) is 71.6 Å². The molecule has 0 saturated carbocycles. The van der Waals surface area contributed by atoms with Gasteiger partial charge in [0.25, 0.3) is 11.7 Å². The van der Waals surface area contributed by atoms with Crippen LogP contribution in [0.15, 0.2) is 60.0 Å². The summed E-state index contributed by atoms with van der Waals surface area (Å²) in [6.07, 6.45) is 0. The molecule has 33 heavy (non-hydrogen) atoms. The van der Waals surface area contributed by atoms with Crippen molar-refractivity contribution in [3.8, 4) is 27.9 Å². The first-order chi connectivity index (χ1) is 16.1. The van der Waals surface area contributed by atoms with Gasteiger partial charge in [-0.3, -0.25) is 4.79 Å². The molecule has 1 aliphatic rings. The average molecular weight is 466 g/mol. The first-order valence-corrected chi connectivity index (χ1v) is 10.6. The molecule has 0 saturated heterocycles. The number of halogens is 1. The van der Waals surface area contributed by atoms with E-state index < -0.39 is 24.3 Å². The molecule has 0 spiro atoms. The Balaban J connectivity index is 1.29. The van der Waals surface area contributed by atoms with Gasteiger partial charge in [-0.15, -0.1) is 16.4 Å². The summed E-state index contributed by atoms with van der Waals surface area (Å²) in [6.45, 7) is -0.415. The van der Waals surface area contributed by atoms with E-state index in [1.165, 1.54) is 40.3 Å². The number of anilines is 1. The third kappa shape index (κ3) is 4.39. The van der Waals surface area contributed by atoms with Gasteiger partial charge in [0.05, 0.1) is 10.6 Å². The van der Waals surface area contributed by atoms with Gasteiger partial charge >= 0.3 is 5.97 Å². The molecule has 4 aromatic rings. The van der Waals surface area contributed by atoms with Gasteiger partial charge in [-0.25, -0.2) is 13.9 Å². The summed E-state index contributed by atoms with van der Waals surface area (Å²) in [5, 5.41) is 8.70. The predicted octanol–water partition coefficient (Wildman–Crippen LogP) is 3.66. The van der Waals surface area contributed by atoms with E-state index in [4.69, 9.17) is 14.2 Å². The minimum absolute atomic E-state index is 0.120. The fraction of sp³-hybridized carbons (Fsp3) is 0.0909. The number of fused-ring (bicyclic) bond motifs is 1. The molecular weight excluding hydrogens is 451 g/mol. The third-order valence-corrected chi connectivity index (χ3v) is 5.46. The Morgan fingerprint density at radius 3 is 2.73 bits per heavy atom. The number of esters is 1. The van der Waals surface area contributed by atoms with Crippen LogP contribution in [0.3, 0.4) is 0 Å².